The number of piperazine rings is 1. The molecule has 0 aliphatic carbocycles. The smallest absolute Gasteiger partial charge is 0.245 e. The third-order valence-electron chi connectivity index (χ3n) is 5.49. The lowest BCUT2D eigenvalue weighted by molar-refractivity contribution is 0.313. The van der Waals surface area contributed by atoms with Crippen LogP contribution in [0.1, 0.15) is 0 Å². The van der Waals surface area contributed by atoms with Crippen LogP contribution in [0.2, 0.25) is 0 Å². The van der Waals surface area contributed by atoms with Crippen LogP contribution in [0.4, 0.5) is 17.3 Å². The maximum Gasteiger partial charge on any atom is 0.245 e. The zero-order chi connectivity index (χ0) is 19.6. The van der Waals surface area contributed by atoms with Gasteiger partial charge < -0.3 is 15.1 Å². The van der Waals surface area contributed by atoms with Gasteiger partial charge in [0.2, 0.25) is 5.95 Å². The number of nitrogens with one attached hydrogen (secondary N) is 1. The Morgan fingerprint density at radius 3 is 2.38 bits per heavy atom. The van der Waals surface area contributed by atoms with Gasteiger partial charge in [-0.05, 0) is 42.9 Å². The normalized spacial score (nSPS) is 15.0. The number of anilines is 3. The van der Waals surface area contributed by atoms with E-state index in [0.29, 0.717) is 5.95 Å². The molecule has 6 heteroatoms. The standard InChI is InChI=1S/C23H24N6/c1-27-13-15-28(16-14-27)20-9-7-19(8-10-20)25-23-24-17-22-21(11-12-29(22)26-23)18-5-3-2-4-6-18/h2-12,17H,13-16H2,1H3,(H,25,26). The summed E-state index contributed by atoms with van der Waals surface area (Å²) in [4.78, 5) is 9.32. The minimum atomic E-state index is 0.583. The summed E-state index contributed by atoms with van der Waals surface area (Å²) in [5, 5.41) is 7.93. The molecule has 1 N–H and O–H groups in total. The molecule has 0 unspecified atom stereocenters. The molecule has 1 fully saturated rings. The van der Waals surface area contributed by atoms with Crippen LogP contribution in [-0.2, 0) is 0 Å². The Balaban J connectivity index is 1.33. The van der Waals surface area contributed by atoms with E-state index in [4.69, 9.17) is 0 Å². The number of benzene rings is 2. The molecule has 6 nitrogen and oxygen atoms in total. The van der Waals surface area contributed by atoms with Crippen molar-refractivity contribution in [2.24, 2.45) is 0 Å². The van der Waals surface area contributed by atoms with Crippen LogP contribution < -0.4 is 10.2 Å². The molecule has 3 heterocycles. The first-order valence-electron chi connectivity index (χ1n) is 9.97. The molecule has 1 aliphatic rings. The van der Waals surface area contributed by atoms with E-state index < -0.39 is 0 Å². The number of hydrogen-bond acceptors (Lipinski definition) is 5. The number of rotatable bonds is 4. The summed E-state index contributed by atoms with van der Waals surface area (Å²) in [6.07, 6.45) is 3.84. The molecule has 0 saturated carbocycles. The van der Waals surface area contributed by atoms with Gasteiger partial charge in [-0.25, -0.2) is 9.50 Å². The number of fused-ring (bicyclic) bond motifs is 1. The third kappa shape index (κ3) is 3.67. The quantitative estimate of drug-likeness (QED) is 0.578. The lowest BCUT2D eigenvalue weighted by Crippen LogP contribution is -2.44. The second-order valence-corrected chi connectivity index (χ2v) is 7.47. The molecular weight excluding hydrogens is 360 g/mol. The monoisotopic (exact) mass is 384 g/mol. The molecule has 5 rings (SSSR count). The van der Waals surface area contributed by atoms with E-state index in [9.17, 15) is 0 Å². The molecule has 0 atom stereocenters. The van der Waals surface area contributed by atoms with Gasteiger partial charge in [-0.15, -0.1) is 5.10 Å². The van der Waals surface area contributed by atoms with Gasteiger partial charge in [-0.1, -0.05) is 30.3 Å². The maximum atomic E-state index is 4.62. The number of aromatic nitrogens is 3. The Kier molecular flexibility index (Phi) is 4.62. The molecule has 146 valence electrons. The summed E-state index contributed by atoms with van der Waals surface area (Å²) in [7, 11) is 2.18. The lowest BCUT2D eigenvalue weighted by atomic mass is 10.1. The minimum Gasteiger partial charge on any atom is -0.369 e. The Hall–Kier alpha value is -3.38. The molecule has 2 aromatic carbocycles. The molecule has 0 radical (unpaired) electrons. The highest BCUT2D eigenvalue weighted by atomic mass is 15.3. The maximum absolute atomic E-state index is 4.62. The Labute approximate surface area is 170 Å². The van der Waals surface area contributed by atoms with Gasteiger partial charge in [-0.2, -0.15) is 0 Å². The number of likely N-dealkylation sites (N-methyl/N-ethyl adjacent to an activating group) is 1. The molecule has 29 heavy (non-hydrogen) atoms. The summed E-state index contributed by atoms with van der Waals surface area (Å²) >= 11 is 0. The van der Waals surface area contributed by atoms with Crippen LogP contribution in [0.5, 0.6) is 0 Å². The van der Waals surface area contributed by atoms with Crippen LogP contribution in [0.3, 0.4) is 0 Å². The topological polar surface area (TPSA) is 48.7 Å². The van der Waals surface area contributed by atoms with Gasteiger partial charge in [0, 0.05) is 49.3 Å². The van der Waals surface area contributed by atoms with Gasteiger partial charge >= 0.3 is 0 Å². The Morgan fingerprint density at radius 1 is 0.862 bits per heavy atom. The largest absolute Gasteiger partial charge is 0.369 e. The van der Waals surface area contributed by atoms with Crippen LogP contribution in [-0.4, -0.2) is 52.7 Å². The Morgan fingerprint density at radius 2 is 1.62 bits per heavy atom. The van der Waals surface area contributed by atoms with Crippen molar-refractivity contribution >= 4 is 22.8 Å². The number of hydrogen-bond donors (Lipinski definition) is 1. The third-order valence-corrected chi connectivity index (χ3v) is 5.49. The fourth-order valence-electron chi connectivity index (χ4n) is 3.77. The highest BCUT2D eigenvalue weighted by Gasteiger charge is 2.14. The van der Waals surface area contributed by atoms with Crippen molar-refractivity contribution in [3.05, 3.63) is 73.1 Å². The summed E-state index contributed by atoms with van der Waals surface area (Å²) in [6.45, 7) is 4.35. The average Bonchev–Trinajstić information content (AvgIpc) is 3.19. The first-order chi connectivity index (χ1) is 14.3. The lowest BCUT2D eigenvalue weighted by Gasteiger charge is -2.34. The van der Waals surface area contributed by atoms with Gasteiger partial charge in [0.25, 0.3) is 0 Å². The minimum absolute atomic E-state index is 0.583. The van der Waals surface area contributed by atoms with Gasteiger partial charge in [0.15, 0.2) is 0 Å². The Bertz CT molecular complexity index is 1100. The molecule has 1 aliphatic heterocycles. The van der Waals surface area contributed by atoms with Crippen molar-refractivity contribution in [2.75, 3.05) is 43.4 Å². The van der Waals surface area contributed by atoms with Crippen LogP contribution in [0.25, 0.3) is 16.6 Å². The van der Waals surface area contributed by atoms with Crippen molar-refractivity contribution in [3.8, 4) is 11.1 Å². The zero-order valence-corrected chi connectivity index (χ0v) is 16.5. The van der Waals surface area contributed by atoms with E-state index in [2.05, 4.69) is 74.7 Å². The van der Waals surface area contributed by atoms with Crippen molar-refractivity contribution in [3.63, 3.8) is 0 Å². The van der Waals surface area contributed by atoms with Gasteiger partial charge in [0.05, 0.1) is 11.7 Å². The van der Waals surface area contributed by atoms with Crippen LogP contribution >= 0.6 is 0 Å². The predicted molar refractivity (Wildman–Crippen MR) is 118 cm³/mol. The average molecular weight is 384 g/mol. The molecule has 0 spiro atoms. The van der Waals surface area contributed by atoms with Gasteiger partial charge in [0.1, 0.15) is 0 Å². The number of nitrogens with zero attached hydrogens (tertiary/aromatic N) is 5. The fourth-order valence-corrected chi connectivity index (χ4v) is 3.77. The van der Waals surface area contributed by atoms with Crippen LogP contribution in [0, 0.1) is 0 Å². The van der Waals surface area contributed by atoms with Crippen molar-refractivity contribution in [1.29, 1.82) is 0 Å². The van der Waals surface area contributed by atoms with Crippen molar-refractivity contribution < 1.29 is 0 Å². The second kappa shape index (κ2) is 7.56. The molecule has 4 aromatic rings. The second-order valence-electron chi connectivity index (χ2n) is 7.47. The molecule has 1 saturated heterocycles. The summed E-state index contributed by atoms with van der Waals surface area (Å²) in [6, 6.07) is 20.9. The van der Waals surface area contributed by atoms with Gasteiger partial charge in [-0.3, -0.25) is 0 Å². The fraction of sp³-hybridized carbons (Fsp3) is 0.217. The molecule has 0 bridgehead atoms. The van der Waals surface area contributed by atoms with Crippen molar-refractivity contribution in [1.82, 2.24) is 19.5 Å². The molecule has 2 aromatic heterocycles. The van der Waals surface area contributed by atoms with E-state index in [1.807, 2.05) is 35.1 Å². The van der Waals surface area contributed by atoms with E-state index >= 15 is 0 Å². The van der Waals surface area contributed by atoms with E-state index in [1.54, 1.807) is 0 Å². The first kappa shape index (κ1) is 17.7. The highest BCUT2D eigenvalue weighted by molar-refractivity contribution is 5.80. The summed E-state index contributed by atoms with van der Waals surface area (Å²) in [5.41, 5.74) is 5.54. The van der Waals surface area contributed by atoms with E-state index in [1.165, 1.54) is 11.3 Å². The predicted octanol–water partition coefficient (Wildman–Crippen LogP) is 3.89. The molecular formula is C23H24N6. The zero-order valence-electron chi connectivity index (χ0n) is 16.5. The summed E-state index contributed by atoms with van der Waals surface area (Å²) < 4.78 is 1.87. The highest BCUT2D eigenvalue weighted by Crippen LogP contribution is 2.25. The first-order valence-corrected chi connectivity index (χ1v) is 9.97. The summed E-state index contributed by atoms with van der Waals surface area (Å²) in [5.74, 6) is 0.583. The van der Waals surface area contributed by atoms with Crippen LogP contribution in [0.15, 0.2) is 73.1 Å². The SMILES string of the molecule is CN1CCN(c2ccc(Nc3ncc4c(-c5ccccc5)ccn4n3)cc2)CC1. The molecule has 0 amide bonds. The van der Waals surface area contributed by atoms with E-state index in [0.717, 1.165) is 42.9 Å². The van der Waals surface area contributed by atoms with Crippen molar-refractivity contribution in [2.45, 2.75) is 0 Å². The van der Waals surface area contributed by atoms with E-state index in [-0.39, 0.29) is 0 Å².